The minimum atomic E-state index is 0.251. The highest BCUT2D eigenvalue weighted by atomic mass is 14.9. The minimum absolute atomic E-state index is 0.251. The average Bonchev–Trinajstić information content (AvgIpc) is 2.29. The second-order valence-corrected chi connectivity index (χ2v) is 4.01. The van der Waals surface area contributed by atoms with Crippen LogP contribution >= 0.6 is 0 Å². The molecule has 2 aromatic rings. The quantitative estimate of drug-likeness (QED) is 0.786. The Morgan fingerprint density at radius 3 is 2.47 bits per heavy atom. The number of hydrogen-bond donors (Lipinski definition) is 0. The maximum absolute atomic E-state index is 8.68. The van der Waals surface area contributed by atoms with Crippen molar-refractivity contribution in [1.82, 2.24) is 9.97 Å². The summed E-state index contributed by atoms with van der Waals surface area (Å²) in [7, 11) is 0. The molecule has 2 rings (SSSR count). The Bertz CT molecular complexity index is 565. The predicted octanol–water partition coefficient (Wildman–Crippen LogP) is 2.83. The van der Waals surface area contributed by atoms with E-state index in [0.717, 1.165) is 17.0 Å². The van der Waals surface area contributed by atoms with Gasteiger partial charge in [0.05, 0.1) is 18.2 Å². The number of nitrogens with zero attached hydrogens (tertiary/aromatic N) is 3. The van der Waals surface area contributed by atoms with E-state index in [1.165, 1.54) is 5.56 Å². The molecule has 0 aliphatic carbocycles. The molecule has 3 heteroatoms. The zero-order valence-electron chi connectivity index (χ0n) is 9.94. The molecular formula is C14H13N3. The first-order valence-corrected chi connectivity index (χ1v) is 5.47. The summed E-state index contributed by atoms with van der Waals surface area (Å²) in [5, 5.41) is 8.68. The fourth-order valence-corrected chi connectivity index (χ4v) is 1.65. The van der Waals surface area contributed by atoms with Gasteiger partial charge < -0.3 is 0 Å². The van der Waals surface area contributed by atoms with Crippen LogP contribution in [0, 0.1) is 25.2 Å². The van der Waals surface area contributed by atoms with E-state index in [1.54, 1.807) is 0 Å². The topological polar surface area (TPSA) is 49.6 Å². The molecule has 0 radical (unpaired) electrons. The third-order valence-corrected chi connectivity index (χ3v) is 2.49. The predicted molar refractivity (Wildman–Crippen MR) is 66.3 cm³/mol. The zero-order valence-corrected chi connectivity index (χ0v) is 9.94. The number of aryl methyl sites for hydroxylation is 2. The molecule has 0 saturated carbocycles. The van der Waals surface area contributed by atoms with Gasteiger partial charge in [-0.3, -0.25) is 0 Å². The summed E-state index contributed by atoms with van der Waals surface area (Å²) in [5.74, 6) is 0.586. The maximum atomic E-state index is 8.68. The third-order valence-electron chi connectivity index (χ3n) is 2.49. The Labute approximate surface area is 101 Å². The van der Waals surface area contributed by atoms with E-state index >= 15 is 0 Å². The number of benzene rings is 1. The first-order valence-electron chi connectivity index (χ1n) is 5.47. The Morgan fingerprint density at radius 1 is 1.12 bits per heavy atom. The fraction of sp³-hybridized carbons (Fsp3) is 0.214. The van der Waals surface area contributed by atoms with Crippen molar-refractivity contribution in [3.05, 3.63) is 47.4 Å². The Balaban J connectivity index is 2.45. The molecular weight excluding hydrogens is 210 g/mol. The molecule has 1 heterocycles. The molecule has 0 aliphatic heterocycles. The molecule has 0 amide bonds. The molecule has 1 aromatic heterocycles. The summed E-state index contributed by atoms with van der Waals surface area (Å²) in [6.45, 7) is 3.97. The third kappa shape index (κ3) is 2.67. The summed E-state index contributed by atoms with van der Waals surface area (Å²) in [5.41, 5.74) is 4.04. The van der Waals surface area contributed by atoms with Gasteiger partial charge in [0.1, 0.15) is 5.82 Å². The van der Waals surface area contributed by atoms with E-state index in [2.05, 4.69) is 35.1 Å². The van der Waals surface area contributed by atoms with Crippen molar-refractivity contribution in [2.45, 2.75) is 20.3 Å². The lowest BCUT2D eigenvalue weighted by atomic mass is 10.1. The molecule has 0 spiro atoms. The number of nitriles is 1. The van der Waals surface area contributed by atoms with E-state index in [4.69, 9.17) is 5.26 Å². The highest BCUT2D eigenvalue weighted by Crippen LogP contribution is 2.18. The van der Waals surface area contributed by atoms with E-state index in [-0.39, 0.29) is 6.42 Å². The SMILES string of the molecule is Cc1ccc(-c2cc(C)nc(CC#N)n2)cc1. The second-order valence-electron chi connectivity index (χ2n) is 4.01. The van der Waals surface area contributed by atoms with Crippen LogP contribution in [0.5, 0.6) is 0 Å². The van der Waals surface area contributed by atoms with Crippen molar-refractivity contribution in [1.29, 1.82) is 5.26 Å². The highest BCUT2D eigenvalue weighted by Gasteiger charge is 2.04. The molecule has 17 heavy (non-hydrogen) atoms. The normalized spacial score (nSPS) is 9.94. The van der Waals surface area contributed by atoms with Gasteiger partial charge >= 0.3 is 0 Å². The summed E-state index contributed by atoms with van der Waals surface area (Å²) < 4.78 is 0. The average molecular weight is 223 g/mol. The first-order chi connectivity index (χ1) is 8.19. The number of aromatic nitrogens is 2. The van der Waals surface area contributed by atoms with E-state index in [0.29, 0.717) is 5.82 Å². The molecule has 0 bridgehead atoms. The second kappa shape index (κ2) is 4.75. The number of rotatable bonds is 2. The van der Waals surface area contributed by atoms with E-state index in [1.807, 2.05) is 25.1 Å². The molecule has 1 aromatic carbocycles. The van der Waals surface area contributed by atoms with E-state index < -0.39 is 0 Å². The van der Waals surface area contributed by atoms with Crippen molar-refractivity contribution < 1.29 is 0 Å². The molecule has 0 unspecified atom stereocenters. The van der Waals surface area contributed by atoms with Crippen molar-refractivity contribution >= 4 is 0 Å². The minimum Gasteiger partial charge on any atom is -0.237 e. The molecule has 0 aliphatic rings. The Kier molecular flexibility index (Phi) is 3.15. The van der Waals surface area contributed by atoms with Crippen LogP contribution in [-0.4, -0.2) is 9.97 Å². The fourth-order valence-electron chi connectivity index (χ4n) is 1.65. The largest absolute Gasteiger partial charge is 0.237 e. The van der Waals surface area contributed by atoms with Crippen molar-refractivity contribution in [3.8, 4) is 17.3 Å². The van der Waals surface area contributed by atoms with Crippen LogP contribution in [-0.2, 0) is 6.42 Å². The van der Waals surface area contributed by atoms with Gasteiger partial charge in [0.25, 0.3) is 0 Å². The number of hydrogen-bond acceptors (Lipinski definition) is 3. The molecule has 0 N–H and O–H groups in total. The van der Waals surface area contributed by atoms with Gasteiger partial charge in [0, 0.05) is 11.3 Å². The van der Waals surface area contributed by atoms with Crippen LogP contribution in [0.2, 0.25) is 0 Å². The Morgan fingerprint density at radius 2 is 1.82 bits per heavy atom. The van der Waals surface area contributed by atoms with Gasteiger partial charge in [0.15, 0.2) is 0 Å². The van der Waals surface area contributed by atoms with Crippen molar-refractivity contribution in [3.63, 3.8) is 0 Å². The van der Waals surface area contributed by atoms with Crippen LogP contribution < -0.4 is 0 Å². The first kappa shape index (κ1) is 11.3. The smallest absolute Gasteiger partial charge is 0.143 e. The van der Waals surface area contributed by atoms with Crippen LogP contribution in [0.25, 0.3) is 11.3 Å². The van der Waals surface area contributed by atoms with Crippen LogP contribution in [0.15, 0.2) is 30.3 Å². The molecule has 84 valence electrons. The van der Waals surface area contributed by atoms with Gasteiger partial charge in [-0.15, -0.1) is 0 Å². The maximum Gasteiger partial charge on any atom is 0.143 e. The summed E-state index contributed by atoms with van der Waals surface area (Å²) in [6, 6.07) is 12.2. The Hall–Kier alpha value is -2.21. The molecule has 3 nitrogen and oxygen atoms in total. The standard InChI is InChI=1S/C14H13N3/c1-10-3-5-12(6-4-10)13-9-11(2)16-14(17-13)7-8-15/h3-6,9H,7H2,1-2H3. The lowest BCUT2D eigenvalue weighted by Gasteiger charge is -2.04. The van der Waals surface area contributed by atoms with Crippen LogP contribution in [0.4, 0.5) is 0 Å². The van der Waals surface area contributed by atoms with Gasteiger partial charge in [-0.05, 0) is 19.9 Å². The zero-order chi connectivity index (χ0) is 12.3. The lowest BCUT2D eigenvalue weighted by molar-refractivity contribution is 0.969. The molecule has 0 atom stereocenters. The van der Waals surface area contributed by atoms with Gasteiger partial charge in [0.2, 0.25) is 0 Å². The highest BCUT2D eigenvalue weighted by molar-refractivity contribution is 5.59. The summed E-state index contributed by atoms with van der Waals surface area (Å²) in [4.78, 5) is 8.62. The molecule has 0 saturated heterocycles. The summed E-state index contributed by atoms with van der Waals surface area (Å²) in [6.07, 6.45) is 0.251. The van der Waals surface area contributed by atoms with Gasteiger partial charge in [-0.25, -0.2) is 9.97 Å². The summed E-state index contributed by atoms with van der Waals surface area (Å²) >= 11 is 0. The molecule has 0 fully saturated rings. The lowest BCUT2D eigenvalue weighted by Crippen LogP contribution is -1.98. The van der Waals surface area contributed by atoms with Crippen LogP contribution in [0.3, 0.4) is 0 Å². The van der Waals surface area contributed by atoms with Crippen molar-refractivity contribution in [2.75, 3.05) is 0 Å². The monoisotopic (exact) mass is 223 g/mol. The van der Waals surface area contributed by atoms with E-state index in [9.17, 15) is 0 Å². The van der Waals surface area contributed by atoms with Crippen molar-refractivity contribution in [2.24, 2.45) is 0 Å². The van der Waals surface area contributed by atoms with Gasteiger partial charge in [-0.1, -0.05) is 29.8 Å². The van der Waals surface area contributed by atoms with Gasteiger partial charge in [-0.2, -0.15) is 5.26 Å². The van der Waals surface area contributed by atoms with Crippen LogP contribution in [0.1, 0.15) is 17.1 Å².